The van der Waals surface area contributed by atoms with E-state index in [0.29, 0.717) is 11.3 Å². The maximum Gasteiger partial charge on any atom is 0.396 e. The molecule has 4 heteroatoms. The minimum Gasteiger partial charge on any atom is -0.495 e. The predicted octanol–water partition coefficient (Wildman–Crippen LogP) is -0.0663. The third-order valence-electron chi connectivity index (χ3n) is 0.603. The molecule has 0 spiro atoms. The quantitative estimate of drug-likeness (QED) is 0.569. The molecule has 0 atom stereocenters. The van der Waals surface area contributed by atoms with Crippen molar-refractivity contribution in [2.24, 2.45) is 0 Å². The third-order valence-corrected chi connectivity index (χ3v) is 0.818. The number of rotatable bonds is 2. The van der Waals surface area contributed by atoms with Crippen molar-refractivity contribution >= 4 is 0 Å². The lowest BCUT2D eigenvalue weighted by atomic mass is 10.7. The molecule has 0 fully saturated rings. The van der Waals surface area contributed by atoms with Crippen molar-refractivity contribution < 1.29 is 24.7 Å². The Hall–Kier alpha value is -0.670. The Morgan fingerprint density at radius 3 is 3.12 bits per heavy atom. The molecule has 1 aromatic rings. The van der Waals surface area contributed by atoms with Crippen LogP contribution in [0.5, 0.6) is 5.95 Å². The highest BCUT2D eigenvalue weighted by molar-refractivity contribution is 5.02. The molecule has 0 aliphatic heterocycles. The van der Waals surface area contributed by atoms with Gasteiger partial charge in [0.2, 0.25) is 0 Å². The first kappa shape index (κ1) is 5.47. The van der Waals surface area contributed by atoms with Gasteiger partial charge in [-0.05, 0) is 6.07 Å². The number of hydrogen-bond donors (Lipinski definition) is 0. The summed E-state index contributed by atoms with van der Waals surface area (Å²) >= 11 is 0.419. The summed E-state index contributed by atoms with van der Waals surface area (Å²) in [6.07, 6.45) is 1.43. The van der Waals surface area contributed by atoms with Crippen LogP contribution in [0.1, 0.15) is 0 Å². The Morgan fingerprint density at radius 2 is 2.62 bits per heavy atom. The molecule has 44 valence electrons. The largest absolute Gasteiger partial charge is 0.495 e. The average Bonchev–Trinajstić information content (AvgIpc) is 2.19. The highest BCUT2D eigenvalue weighted by Crippen LogP contribution is 2.08. The van der Waals surface area contributed by atoms with Crippen molar-refractivity contribution in [2.45, 2.75) is 0 Å². The van der Waals surface area contributed by atoms with Gasteiger partial charge in [-0.3, -0.25) is 0 Å². The summed E-state index contributed by atoms with van der Waals surface area (Å²) in [6.45, 7) is 0. The SMILES string of the molecule is [O-][Cl+]Oc1ccco1. The van der Waals surface area contributed by atoms with Gasteiger partial charge >= 0.3 is 17.3 Å². The van der Waals surface area contributed by atoms with Gasteiger partial charge in [0.25, 0.3) is 0 Å². The molecule has 0 aliphatic rings. The topological polar surface area (TPSA) is 45.4 Å². The zero-order valence-corrected chi connectivity index (χ0v) is 4.59. The first-order valence-corrected chi connectivity index (χ1v) is 2.53. The molecule has 0 bridgehead atoms. The van der Waals surface area contributed by atoms with Crippen LogP contribution in [0.2, 0.25) is 0 Å². The van der Waals surface area contributed by atoms with Crippen LogP contribution < -0.4 is 8.95 Å². The molecule has 8 heavy (non-hydrogen) atoms. The fourth-order valence-corrected chi connectivity index (χ4v) is 0.488. The lowest BCUT2D eigenvalue weighted by Crippen LogP contribution is -2.05. The molecule has 0 saturated heterocycles. The standard InChI is InChI=1S/C4H3ClO3/c6-5-8-4-2-1-3-7-4/h1-3H. The van der Waals surface area contributed by atoms with Crippen molar-refractivity contribution in [1.29, 1.82) is 0 Å². The van der Waals surface area contributed by atoms with Crippen LogP contribution in [0.4, 0.5) is 0 Å². The number of hydrogen-bond acceptors (Lipinski definition) is 3. The molecule has 0 aromatic carbocycles. The van der Waals surface area contributed by atoms with Gasteiger partial charge in [-0.15, -0.1) is 0 Å². The summed E-state index contributed by atoms with van der Waals surface area (Å²) in [7, 11) is 0. The van der Waals surface area contributed by atoms with Gasteiger partial charge in [0.15, 0.2) is 0 Å². The van der Waals surface area contributed by atoms with E-state index in [0.717, 1.165) is 0 Å². The molecule has 1 rings (SSSR count). The highest BCUT2D eigenvalue weighted by atomic mass is 35.6. The second-order valence-electron chi connectivity index (χ2n) is 1.07. The van der Waals surface area contributed by atoms with E-state index in [2.05, 4.69) is 8.71 Å². The molecule has 1 aromatic heterocycles. The minimum absolute atomic E-state index is 0.216. The van der Waals surface area contributed by atoms with E-state index in [1.165, 1.54) is 6.26 Å². The van der Waals surface area contributed by atoms with Crippen LogP contribution in [-0.4, -0.2) is 0 Å². The number of furan rings is 1. The number of halogens is 1. The highest BCUT2D eigenvalue weighted by Gasteiger charge is 1.98. The van der Waals surface area contributed by atoms with Crippen LogP contribution in [0, 0.1) is 11.3 Å². The van der Waals surface area contributed by atoms with Gasteiger partial charge in [-0.25, -0.2) is 0 Å². The Labute approximate surface area is 49.9 Å². The molecule has 0 radical (unpaired) electrons. The molecular formula is C4H3ClO3. The Kier molecular flexibility index (Phi) is 1.77. The van der Waals surface area contributed by atoms with Crippen molar-refractivity contribution in [3.63, 3.8) is 0 Å². The van der Waals surface area contributed by atoms with E-state index < -0.39 is 0 Å². The fourth-order valence-electron chi connectivity index (χ4n) is 0.338. The van der Waals surface area contributed by atoms with Gasteiger partial charge in [0, 0.05) is 6.07 Å². The van der Waals surface area contributed by atoms with Gasteiger partial charge in [-0.2, -0.15) is 4.29 Å². The minimum atomic E-state index is 0.216. The molecule has 3 nitrogen and oxygen atoms in total. The molecule has 0 N–H and O–H groups in total. The average molecular weight is 135 g/mol. The summed E-state index contributed by atoms with van der Waals surface area (Å²) in [5.41, 5.74) is 0. The summed E-state index contributed by atoms with van der Waals surface area (Å²) in [6, 6.07) is 3.18. The molecule has 0 aliphatic carbocycles. The summed E-state index contributed by atoms with van der Waals surface area (Å²) in [5, 5.41) is 0. The normalized spacial score (nSPS) is 9.12. The first-order chi connectivity index (χ1) is 3.93. The van der Waals surface area contributed by atoms with E-state index in [4.69, 9.17) is 0 Å². The Morgan fingerprint density at radius 1 is 1.75 bits per heavy atom. The second kappa shape index (κ2) is 2.59. The smallest absolute Gasteiger partial charge is 0.396 e. The zero-order valence-electron chi connectivity index (χ0n) is 3.83. The molecule has 0 unspecified atom stereocenters. The van der Waals surface area contributed by atoms with Crippen molar-refractivity contribution in [3.8, 4) is 5.95 Å². The lowest BCUT2D eigenvalue weighted by Gasteiger charge is -1.79. The van der Waals surface area contributed by atoms with E-state index in [1.54, 1.807) is 12.1 Å². The molecule has 0 amide bonds. The summed E-state index contributed by atoms with van der Waals surface area (Å²) in [4.78, 5) is 0. The lowest BCUT2D eigenvalue weighted by molar-refractivity contribution is -1.25. The maximum atomic E-state index is 9.58. The first-order valence-electron chi connectivity index (χ1n) is 1.91. The van der Waals surface area contributed by atoms with Crippen molar-refractivity contribution in [2.75, 3.05) is 0 Å². The maximum absolute atomic E-state index is 9.58. The summed E-state index contributed by atoms with van der Waals surface area (Å²) < 4.78 is 18.5. The van der Waals surface area contributed by atoms with Crippen molar-refractivity contribution in [1.82, 2.24) is 0 Å². The Balaban J connectivity index is 2.50. The van der Waals surface area contributed by atoms with Gasteiger partial charge in [0.05, 0.1) is 6.26 Å². The zero-order chi connectivity index (χ0) is 5.82. The molecule has 1 heterocycles. The molecular weight excluding hydrogens is 131 g/mol. The van der Waals surface area contributed by atoms with Crippen molar-refractivity contribution in [3.05, 3.63) is 18.4 Å². The van der Waals surface area contributed by atoms with Crippen LogP contribution in [0.15, 0.2) is 22.8 Å². The van der Waals surface area contributed by atoms with Gasteiger partial charge < -0.3 is 9.08 Å². The van der Waals surface area contributed by atoms with E-state index in [-0.39, 0.29) is 5.95 Å². The monoisotopic (exact) mass is 134 g/mol. The van der Waals surface area contributed by atoms with Crippen LogP contribution in [0.25, 0.3) is 0 Å². The van der Waals surface area contributed by atoms with Crippen LogP contribution in [0.3, 0.4) is 0 Å². The third kappa shape index (κ3) is 1.15. The van der Waals surface area contributed by atoms with Gasteiger partial charge in [-0.1, -0.05) is 0 Å². The van der Waals surface area contributed by atoms with Crippen LogP contribution >= 0.6 is 0 Å². The van der Waals surface area contributed by atoms with E-state index >= 15 is 0 Å². The second-order valence-corrected chi connectivity index (χ2v) is 1.35. The fraction of sp³-hybridized carbons (Fsp3) is 0. The predicted molar refractivity (Wildman–Crippen MR) is 19.3 cm³/mol. The molecule has 0 saturated carbocycles. The van der Waals surface area contributed by atoms with Gasteiger partial charge in [0.1, 0.15) is 0 Å². The van der Waals surface area contributed by atoms with Crippen LogP contribution in [-0.2, 0) is 0 Å². The summed E-state index contributed by atoms with van der Waals surface area (Å²) in [5.74, 6) is 0.216. The Bertz CT molecular complexity index is 137. The van der Waals surface area contributed by atoms with E-state index in [1.807, 2.05) is 0 Å². The van der Waals surface area contributed by atoms with E-state index in [9.17, 15) is 4.66 Å².